The first-order valence-electron chi connectivity index (χ1n) is 12.2. The molecule has 0 amide bonds. The molecule has 4 rings (SSSR count). The van der Waals surface area contributed by atoms with Gasteiger partial charge in [-0.05, 0) is 95.8 Å². The number of carbonyl (C=O) groups is 1. The van der Waals surface area contributed by atoms with E-state index < -0.39 is 16.0 Å². The molecule has 198 valence electrons. The SMILES string of the molecule is COc1ccc(CN(C(C)C)S(=O)(=O)c2ccc(-c3c(C)c(CC(=O)O)cc4ccc(Cl)cc34)cc2)cc1. The molecule has 0 radical (unpaired) electrons. The maximum absolute atomic E-state index is 13.7. The monoisotopic (exact) mass is 551 g/mol. The molecule has 0 unspecified atom stereocenters. The van der Waals surface area contributed by atoms with Crippen LogP contribution in [-0.4, -0.2) is 37.0 Å². The molecule has 0 aromatic heterocycles. The Morgan fingerprint density at radius 2 is 1.66 bits per heavy atom. The lowest BCUT2D eigenvalue weighted by Crippen LogP contribution is -2.36. The van der Waals surface area contributed by atoms with Gasteiger partial charge in [0, 0.05) is 17.6 Å². The minimum Gasteiger partial charge on any atom is -0.497 e. The van der Waals surface area contributed by atoms with Crippen LogP contribution in [0.2, 0.25) is 5.02 Å². The van der Waals surface area contributed by atoms with Gasteiger partial charge in [0.25, 0.3) is 0 Å². The zero-order chi connectivity index (χ0) is 27.6. The van der Waals surface area contributed by atoms with Crippen molar-refractivity contribution in [1.82, 2.24) is 4.31 Å². The standard InChI is InChI=1S/C30H30ClNO5S/c1-19(2)32(18-21-5-11-26(37-4)12-6-21)38(35,36)27-13-8-22(9-14-27)30-20(3)24(16-29(33)34)15-23-7-10-25(31)17-28(23)30/h5-15,17,19H,16,18H2,1-4H3,(H,33,34). The van der Waals surface area contributed by atoms with Gasteiger partial charge in [-0.25, -0.2) is 8.42 Å². The molecular formula is C30H30ClNO5S. The van der Waals surface area contributed by atoms with Crippen molar-refractivity contribution < 1.29 is 23.1 Å². The number of halogens is 1. The summed E-state index contributed by atoms with van der Waals surface area (Å²) in [5, 5.41) is 11.7. The van der Waals surface area contributed by atoms with Gasteiger partial charge in [0.15, 0.2) is 0 Å². The fraction of sp³-hybridized carbons (Fsp3) is 0.233. The number of hydrogen-bond acceptors (Lipinski definition) is 4. The minimum absolute atomic E-state index is 0.113. The van der Waals surface area contributed by atoms with Gasteiger partial charge in [-0.1, -0.05) is 48.0 Å². The summed E-state index contributed by atoms with van der Waals surface area (Å²) < 4.78 is 34.0. The number of benzene rings is 4. The third-order valence-electron chi connectivity index (χ3n) is 6.64. The van der Waals surface area contributed by atoms with E-state index in [0.717, 1.165) is 33.0 Å². The van der Waals surface area contributed by atoms with Gasteiger partial charge < -0.3 is 9.84 Å². The molecule has 6 nitrogen and oxygen atoms in total. The third kappa shape index (κ3) is 5.70. The number of ether oxygens (including phenoxy) is 1. The summed E-state index contributed by atoms with van der Waals surface area (Å²) >= 11 is 6.30. The van der Waals surface area contributed by atoms with Crippen LogP contribution in [0, 0.1) is 6.92 Å². The van der Waals surface area contributed by atoms with E-state index >= 15 is 0 Å². The van der Waals surface area contributed by atoms with Crippen molar-refractivity contribution in [2.45, 2.75) is 44.7 Å². The summed E-state index contributed by atoms with van der Waals surface area (Å²) in [4.78, 5) is 11.7. The van der Waals surface area contributed by atoms with Crippen molar-refractivity contribution in [2.24, 2.45) is 0 Å². The predicted octanol–water partition coefficient (Wildman–Crippen LogP) is 6.70. The summed E-state index contributed by atoms with van der Waals surface area (Å²) in [5.74, 6) is -0.209. The van der Waals surface area contributed by atoms with E-state index in [2.05, 4.69) is 0 Å². The van der Waals surface area contributed by atoms with Gasteiger partial charge >= 0.3 is 5.97 Å². The van der Waals surface area contributed by atoms with E-state index in [1.807, 2.05) is 63.2 Å². The number of methoxy groups -OCH3 is 1. The van der Waals surface area contributed by atoms with Crippen molar-refractivity contribution in [2.75, 3.05) is 7.11 Å². The Morgan fingerprint density at radius 3 is 2.24 bits per heavy atom. The van der Waals surface area contributed by atoms with Gasteiger partial charge in [-0.3, -0.25) is 4.79 Å². The van der Waals surface area contributed by atoms with Crippen molar-refractivity contribution in [1.29, 1.82) is 0 Å². The predicted molar refractivity (Wildman–Crippen MR) is 151 cm³/mol. The lowest BCUT2D eigenvalue weighted by Gasteiger charge is -2.26. The summed E-state index contributed by atoms with van der Waals surface area (Å²) in [7, 11) is -2.21. The van der Waals surface area contributed by atoms with Crippen LogP contribution in [0.25, 0.3) is 21.9 Å². The molecule has 0 aliphatic carbocycles. The van der Waals surface area contributed by atoms with Crippen LogP contribution in [0.4, 0.5) is 0 Å². The number of rotatable bonds is 9. The molecule has 0 atom stereocenters. The fourth-order valence-electron chi connectivity index (χ4n) is 4.63. The minimum atomic E-state index is -3.79. The Balaban J connectivity index is 1.75. The number of sulfonamides is 1. The van der Waals surface area contributed by atoms with Crippen LogP contribution in [0.15, 0.2) is 77.7 Å². The van der Waals surface area contributed by atoms with E-state index in [1.54, 1.807) is 37.4 Å². The summed E-state index contributed by atoms with van der Waals surface area (Å²) in [6.45, 7) is 5.81. The van der Waals surface area contributed by atoms with Gasteiger partial charge in [-0.15, -0.1) is 0 Å². The molecule has 8 heteroatoms. The first kappa shape index (κ1) is 27.6. The molecule has 38 heavy (non-hydrogen) atoms. The van der Waals surface area contributed by atoms with Crippen LogP contribution in [-0.2, 0) is 27.8 Å². The smallest absolute Gasteiger partial charge is 0.307 e. The molecule has 0 spiro atoms. The highest BCUT2D eigenvalue weighted by Crippen LogP contribution is 2.36. The second kappa shape index (κ2) is 11.2. The van der Waals surface area contributed by atoms with E-state index in [-0.39, 0.29) is 23.9 Å². The van der Waals surface area contributed by atoms with Crippen LogP contribution in [0.3, 0.4) is 0 Å². The van der Waals surface area contributed by atoms with Crippen LogP contribution in [0.1, 0.15) is 30.5 Å². The zero-order valence-corrected chi connectivity index (χ0v) is 23.3. The van der Waals surface area contributed by atoms with Gasteiger partial charge in [0.1, 0.15) is 5.75 Å². The Hall–Kier alpha value is -3.39. The molecule has 0 heterocycles. The maximum atomic E-state index is 13.7. The van der Waals surface area contributed by atoms with Crippen LogP contribution >= 0.6 is 11.6 Å². The number of hydrogen-bond donors (Lipinski definition) is 1. The lowest BCUT2D eigenvalue weighted by molar-refractivity contribution is -0.136. The molecule has 0 bridgehead atoms. The van der Waals surface area contributed by atoms with Gasteiger partial charge in [0.2, 0.25) is 10.0 Å². The molecule has 4 aromatic rings. The fourth-order valence-corrected chi connectivity index (χ4v) is 6.43. The molecule has 0 aliphatic heterocycles. The molecule has 1 N–H and O–H groups in total. The number of carboxylic acid groups (broad SMARTS) is 1. The maximum Gasteiger partial charge on any atom is 0.307 e. The Labute approximate surface area is 228 Å². The van der Waals surface area contributed by atoms with Crippen molar-refractivity contribution >= 4 is 38.4 Å². The number of aliphatic carboxylic acids is 1. The molecular weight excluding hydrogens is 522 g/mol. The van der Waals surface area contributed by atoms with E-state index in [4.69, 9.17) is 16.3 Å². The average Bonchev–Trinajstić information content (AvgIpc) is 2.88. The highest BCUT2D eigenvalue weighted by Gasteiger charge is 2.27. The number of carboxylic acids is 1. The van der Waals surface area contributed by atoms with E-state index in [1.165, 1.54) is 4.31 Å². The molecule has 0 fully saturated rings. The Morgan fingerprint density at radius 1 is 1.00 bits per heavy atom. The van der Waals surface area contributed by atoms with Crippen LogP contribution < -0.4 is 4.74 Å². The zero-order valence-electron chi connectivity index (χ0n) is 21.7. The molecule has 4 aromatic carbocycles. The first-order chi connectivity index (χ1) is 18.0. The second-order valence-corrected chi connectivity index (χ2v) is 11.8. The average molecular weight is 552 g/mol. The molecule has 0 saturated heterocycles. The summed E-state index contributed by atoms with van der Waals surface area (Å²) in [6.07, 6.45) is -0.113. The molecule has 0 aliphatic rings. The van der Waals surface area contributed by atoms with Gasteiger partial charge in [0.05, 0.1) is 18.4 Å². The number of fused-ring (bicyclic) bond motifs is 1. The Bertz CT molecular complexity index is 1580. The van der Waals surface area contributed by atoms with Crippen molar-refractivity contribution in [3.63, 3.8) is 0 Å². The highest BCUT2D eigenvalue weighted by molar-refractivity contribution is 7.89. The van der Waals surface area contributed by atoms with Gasteiger partial charge in [-0.2, -0.15) is 4.31 Å². The third-order valence-corrected chi connectivity index (χ3v) is 8.91. The van der Waals surface area contributed by atoms with E-state index in [9.17, 15) is 18.3 Å². The first-order valence-corrected chi connectivity index (χ1v) is 14.0. The molecule has 0 saturated carbocycles. The van der Waals surface area contributed by atoms with E-state index in [0.29, 0.717) is 16.3 Å². The highest BCUT2D eigenvalue weighted by atomic mass is 35.5. The van der Waals surface area contributed by atoms with Crippen molar-refractivity contribution in [3.8, 4) is 16.9 Å². The second-order valence-electron chi connectivity index (χ2n) is 9.49. The normalized spacial score (nSPS) is 11.9. The largest absolute Gasteiger partial charge is 0.497 e. The van der Waals surface area contributed by atoms with Crippen molar-refractivity contribution in [3.05, 3.63) is 94.5 Å². The van der Waals surface area contributed by atoms with Crippen LogP contribution in [0.5, 0.6) is 5.75 Å². The summed E-state index contributed by atoms with van der Waals surface area (Å²) in [5.41, 5.74) is 4.00. The number of nitrogens with zero attached hydrogens (tertiary/aromatic N) is 1. The quantitative estimate of drug-likeness (QED) is 0.250. The lowest BCUT2D eigenvalue weighted by atomic mass is 9.89. The topological polar surface area (TPSA) is 83.9 Å². The summed E-state index contributed by atoms with van der Waals surface area (Å²) in [6, 6.07) is 21.2. The Kier molecular flexibility index (Phi) is 8.11.